The van der Waals surface area contributed by atoms with Gasteiger partial charge < -0.3 is 14.7 Å². The Morgan fingerprint density at radius 3 is 2.89 bits per heavy atom. The number of benzene rings is 1. The van der Waals surface area contributed by atoms with Crippen LogP contribution in [0.4, 0.5) is 0 Å². The number of ether oxygens (including phenoxy) is 1. The Morgan fingerprint density at radius 1 is 1.53 bits per heavy atom. The Balaban J connectivity index is 2.60. The largest absolute Gasteiger partial charge is 0.496 e. The van der Waals surface area contributed by atoms with Crippen molar-refractivity contribution in [3.05, 3.63) is 34.3 Å². The number of carbonyl (C=O) groups is 1. The minimum Gasteiger partial charge on any atom is -0.496 e. The van der Waals surface area contributed by atoms with Crippen molar-refractivity contribution in [3.8, 4) is 5.75 Å². The number of carboxylic acids is 1. The quantitative estimate of drug-likeness (QED) is 0.495. The molecule has 1 aromatic rings. The minimum absolute atomic E-state index is 0.0894. The lowest BCUT2D eigenvalue weighted by Gasteiger charge is -2.04. The van der Waals surface area contributed by atoms with Crippen LogP contribution in [-0.2, 0) is 9.63 Å². The monoisotopic (exact) mass is 327 g/mol. The first kappa shape index (κ1) is 15.2. The van der Waals surface area contributed by atoms with Crippen LogP contribution in [0.5, 0.6) is 5.75 Å². The molecule has 1 rings (SSSR count). The van der Waals surface area contributed by atoms with E-state index in [4.69, 9.17) is 14.7 Å². The van der Waals surface area contributed by atoms with Gasteiger partial charge in [0.25, 0.3) is 0 Å². The zero-order valence-electron chi connectivity index (χ0n) is 10.6. The van der Waals surface area contributed by atoms with Crippen molar-refractivity contribution in [2.75, 3.05) is 13.7 Å². The molecule has 0 bridgehead atoms. The first-order valence-corrected chi connectivity index (χ1v) is 6.24. The molecule has 0 aliphatic heterocycles. The summed E-state index contributed by atoms with van der Waals surface area (Å²) in [7, 11) is 1.59. The molecule has 0 atom stereocenters. The molecule has 0 unspecified atom stereocenters. The summed E-state index contributed by atoms with van der Waals surface area (Å²) in [5.74, 6) is -0.359. The summed E-state index contributed by atoms with van der Waals surface area (Å²) in [6.07, 6.45) is 3.54. The van der Waals surface area contributed by atoms with Crippen molar-refractivity contribution < 1.29 is 19.5 Å². The summed E-state index contributed by atoms with van der Waals surface area (Å²) in [4.78, 5) is 15.3. The molecule has 6 heteroatoms. The average Bonchev–Trinajstić information content (AvgIpc) is 2.38. The van der Waals surface area contributed by atoms with Gasteiger partial charge in [0.2, 0.25) is 0 Å². The maximum absolute atomic E-state index is 10.5. The molecular formula is C13H14BrNO4. The van der Waals surface area contributed by atoms with Crippen LogP contribution in [-0.4, -0.2) is 30.5 Å². The number of oxime groups is 1. The van der Waals surface area contributed by atoms with E-state index in [0.29, 0.717) is 0 Å². The Morgan fingerprint density at radius 2 is 2.26 bits per heavy atom. The highest BCUT2D eigenvalue weighted by molar-refractivity contribution is 9.10. The van der Waals surface area contributed by atoms with Gasteiger partial charge in [0, 0.05) is 10.0 Å². The molecule has 0 heterocycles. The highest BCUT2D eigenvalue weighted by Gasteiger charge is 2.01. The third-order valence-electron chi connectivity index (χ3n) is 2.17. The molecule has 0 amide bonds. The summed E-state index contributed by atoms with van der Waals surface area (Å²) in [5.41, 5.74) is 0.799. The van der Waals surface area contributed by atoms with E-state index in [1.807, 2.05) is 24.3 Å². The molecule has 0 radical (unpaired) electrons. The van der Waals surface area contributed by atoms with Gasteiger partial charge in [0.05, 0.1) is 7.11 Å². The predicted octanol–water partition coefficient (Wildman–Crippen LogP) is 2.95. The molecule has 102 valence electrons. The number of nitrogens with zero attached hydrogens (tertiary/aromatic N) is 1. The maximum atomic E-state index is 10.5. The van der Waals surface area contributed by atoms with Crippen molar-refractivity contribution >= 4 is 33.7 Å². The van der Waals surface area contributed by atoms with Crippen LogP contribution in [0.3, 0.4) is 0 Å². The lowest BCUT2D eigenvalue weighted by molar-refractivity contribution is -0.129. The number of halogens is 1. The van der Waals surface area contributed by atoms with Gasteiger partial charge in [-0.2, -0.15) is 0 Å². The zero-order chi connectivity index (χ0) is 14.3. The molecule has 5 nitrogen and oxygen atoms in total. The molecule has 19 heavy (non-hydrogen) atoms. The van der Waals surface area contributed by atoms with Crippen molar-refractivity contribution in [1.29, 1.82) is 0 Å². The minimum atomic E-state index is -1.10. The van der Waals surface area contributed by atoms with Gasteiger partial charge in [-0.15, -0.1) is 0 Å². The van der Waals surface area contributed by atoms with Gasteiger partial charge >= 0.3 is 5.97 Å². The van der Waals surface area contributed by atoms with Gasteiger partial charge in [-0.3, -0.25) is 0 Å². The summed E-state index contributed by atoms with van der Waals surface area (Å²) in [5, 5.41) is 12.0. The second-order valence-electron chi connectivity index (χ2n) is 3.57. The predicted molar refractivity (Wildman–Crippen MR) is 76.4 cm³/mol. The van der Waals surface area contributed by atoms with E-state index in [2.05, 4.69) is 21.1 Å². The van der Waals surface area contributed by atoms with Gasteiger partial charge in [0.15, 0.2) is 5.71 Å². The smallest absolute Gasteiger partial charge is 0.353 e. The molecule has 0 aliphatic carbocycles. The van der Waals surface area contributed by atoms with Crippen LogP contribution >= 0.6 is 15.9 Å². The fourth-order valence-electron chi connectivity index (χ4n) is 1.23. The third-order valence-corrected chi connectivity index (χ3v) is 2.66. The summed E-state index contributed by atoms with van der Waals surface area (Å²) in [6.45, 7) is 1.55. The highest BCUT2D eigenvalue weighted by Crippen LogP contribution is 2.23. The molecule has 1 aromatic carbocycles. The second kappa shape index (κ2) is 7.58. The number of methoxy groups -OCH3 is 1. The fourth-order valence-corrected chi connectivity index (χ4v) is 1.61. The maximum Gasteiger partial charge on any atom is 0.353 e. The third kappa shape index (κ3) is 5.13. The standard InChI is InChI=1S/C13H14BrNO4/c1-9(13(16)17)15-19-7-3-4-10-8-11(14)5-6-12(10)18-2/h3-6,8H,7H2,1-2H3,(H,16,17). The fraction of sp³-hybridized carbons (Fsp3) is 0.231. The van der Waals surface area contributed by atoms with Crippen molar-refractivity contribution in [2.45, 2.75) is 6.92 Å². The van der Waals surface area contributed by atoms with Crippen LogP contribution in [0.25, 0.3) is 6.08 Å². The van der Waals surface area contributed by atoms with Gasteiger partial charge in [-0.25, -0.2) is 4.79 Å². The van der Waals surface area contributed by atoms with Gasteiger partial charge in [0.1, 0.15) is 12.4 Å². The summed E-state index contributed by atoms with van der Waals surface area (Å²) in [6, 6.07) is 5.63. The SMILES string of the molecule is COc1ccc(Br)cc1C=CCON=C(C)C(=O)O. The summed E-state index contributed by atoms with van der Waals surface area (Å²) >= 11 is 3.38. The topological polar surface area (TPSA) is 68.1 Å². The Bertz CT molecular complexity index is 511. The normalized spacial score (nSPS) is 11.6. The van der Waals surface area contributed by atoms with E-state index < -0.39 is 5.97 Å². The molecule has 1 N–H and O–H groups in total. The van der Waals surface area contributed by atoms with E-state index in [-0.39, 0.29) is 12.3 Å². The van der Waals surface area contributed by atoms with Gasteiger partial charge in [-0.05, 0) is 31.2 Å². The Kier molecular flexibility index (Phi) is 6.08. The van der Waals surface area contributed by atoms with E-state index in [1.54, 1.807) is 13.2 Å². The number of hydrogen-bond acceptors (Lipinski definition) is 4. The molecular weight excluding hydrogens is 314 g/mol. The Labute approximate surface area is 119 Å². The van der Waals surface area contributed by atoms with E-state index in [0.717, 1.165) is 15.8 Å². The average molecular weight is 328 g/mol. The molecule has 0 aromatic heterocycles. The van der Waals surface area contributed by atoms with Crippen LogP contribution in [0.2, 0.25) is 0 Å². The number of hydrogen-bond donors (Lipinski definition) is 1. The molecule has 0 fully saturated rings. The lowest BCUT2D eigenvalue weighted by Crippen LogP contribution is -2.08. The van der Waals surface area contributed by atoms with Crippen molar-refractivity contribution in [3.63, 3.8) is 0 Å². The first-order chi connectivity index (χ1) is 9.04. The summed E-state index contributed by atoms with van der Waals surface area (Å²) < 4.78 is 6.15. The van der Waals surface area contributed by atoms with E-state index in [9.17, 15) is 4.79 Å². The van der Waals surface area contributed by atoms with E-state index in [1.165, 1.54) is 6.92 Å². The second-order valence-corrected chi connectivity index (χ2v) is 4.48. The Hall–Kier alpha value is -1.82. The van der Waals surface area contributed by atoms with Crippen LogP contribution < -0.4 is 4.74 Å². The first-order valence-electron chi connectivity index (χ1n) is 5.44. The number of carboxylic acid groups (broad SMARTS) is 1. The molecule has 0 aliphatic rings. The van der Waals surface area contributed by atoms with Crippen LogP contribution in [0, 0.1) is 0 Å². The highest BCUT2D eigenvalue weighted by atomic mass is 79.9. The molecule has 0 saturated carbocycles. The number of aliphatic carboxylic acids is 1. The van der Waals surface area contributed by atoms with Crippen LogP contribution in [0.1, 0.15) is 12.5 Å². The van der Waals surface area contributed by atoms with Gasteiger partial charge in [-0.1, -0.05) is 27.2 Å². The lowest BCUT2D eigenvalue weighted by atomic mass is 10.2. The van der Waals surface area contributed by atoms with E-state index >= 15 is 0 Å². The number of rotatable bonds is 6. The van der Waals surface area contributed by atoms with Crippen molar-refractivity contribution in [1.82, 2.24) is 0 Å². The molecule has 0 spiro atoms. The molecule has 0 saturated heterocycles. The van der Waals surface area contributed by atoms with Crippen LogP contribution in [0.15, 0.2) is 33.9 Å². The van der Waals surface area contributed by atoms with Crippen molar-refractivity contribution in [2.24, 2.45) is 5.16 Å². The zero-order valence-corrected chi connectivity index (χ0v) is 12.2.